The smallest absolute Gasteiger partial charge is 0.261 e. The lowest BCUT2D eigenvalue weighted by Gasteiger charge is -2.32. The normalized spacial score (nSPS) is 17.2. The Morgan fingerprint density at radius 3 is 2.36 bits per heavy atom. The van der Waals surface area contributed by atoms with E-state index in [1.807, 2.05) is 23.1 Å². The molecule has 0 aliphatic carbocycles. The number of likely N-dealkylation sites (tertiary alicyclic amines) is 1. The number of fused-ring (bicyclic) bond motifs is 1. The van der Waals surface area contributed by atoms with Gasteiger partial charge in [-0.15, -0.1) is 0 Å². The Bertz CT molecular complexity index is 921. The van der Waals surface area contributed by atoms with Crippen molar-refractivity contribution >= 4 is 33.7 Å². The molecule has 2 aromatic rings. The quantitative estimate of drug-likeness (QED) is 0.678. The molecule has 28 heavy (non-hydrogen) atoms. The van der Waals surface area contributed by atoms with Crippen molar-refractivity contribution in [2.24, 2.45) is 0 Å². The minimum Gasteiger partial charge on any atom is -0.343 e. The molecule has 1 saturated heterocycles. The van der Waals surface area contributed by atoms with Crippen LogP contribution in [-0.2, 0) is 4.79 Å². The van der Waals surface area contributed by atoms with Gasteiger partial charge in [-0.1, -0.05) is 46.3 Å². The van der Waals surface area contributed by atoms with Crippen molar-refractivity contribution in [2.45, 2.75) is 25.2 Å². The van der Waals surface area contributed by atoms with Crippen LogP contribution < -0.4 is 0 Å². The second kappa shape index (κ2) is 7.87. The van der Waals surface area contributed by atoms with Crippen molar-refractivity contribution in [3.05, 3.63) is 69.7 Å². The van der Waals surface area contributed by atoms with Crippen LogP contribution in [0.1, 0.15) is 51.5 Å². The molecule has 2 heterocycles. The molecule has 0 aromatic heterocycles. The molecule has 2 aliphatic rings. The molecule has 4 rings (SSSR count). The van der Waals surface area contributed by atoms with Gasteiger partial charge in [-0.05, 0) is 42.5 Å². The maximum atomic E-state index is 12.6. The summed E-state index contributed by atoms with van der Waals surface area (Å²) in [5.41, 5.74) is 2.13. The van der Waals surface area contributed by atoms with Crippen LogP contribution in [0.25, 0.3) is 0 Å². The minimum atomic E-state index is -0.322. The Balaban J connectivity index is 1.32. The zero-order chi connectivity index (χ0) is 19.7. The number of benzene rings is 2. The molecule has 6 heteroatoms. The molecule has 1 fully saturated rings. The van der Waals surface area contributed by atoms with E-state index in [1.54, 1.807) is 18.2 Å². The number of amides is 3. The van der Waals surface area contributed by atoms with Crippen LogP contribution >= 0.6 is 15.9 Å². The number of rotatable bonds is 4. The highest BCUT2D eigenvalue weighted by Gasteiger charge is 2.36. The number of nitrogens with zero attached hydrogens (tertiary/aromatic N) is 2. The van der Waals surface area contributed by atoms with E-state index in [2.05, 4.69) is 28.1 Å². The number of hydrogen-bond donors (Lipinski definition) is 0. The van der Waals surface area contributed by atoms with Crippen LogP contribution in [0.15, 0.2) is 53.0 Å². The molecule has 0 bridgehead atoms. The van der Waals surface area contributed by atoms with Gasteiger partial charge in [-0.2, -0.15) is 0 Å². The summed E-state index contributed by atoms with van der Waals surface area (Å²) in [6, 6.07) is 15.4. The average Bonchev–Trinajstić information content (AvgIpc) is 2.96. The first kappa shape index (κ1) is 18.9. The Morgan fingerprint density at radius 1 is 0.964 bits per heavy atom. The van der Waals surface area contributed by atoms with Crippen LogP contribution in [0.2, 0.25) is 0 Å². The summed E-state index contributed by atoms with van der Waals surface area (Å²) in [4.78, 5) is 40.6. The predicted molar refractivity (Wildman–Crippen MR) is 109 cm³/mol. The van der Waals surface area contributed by atoms with Gasteiger partial charge in [0.25, 0.3) is 11.8 Å². The van der Waals surface area contributed by atoms with Crippen LogP contribution in [0.3, 0.4) is 0 Å². The summed E-state index contributed by atoms with van der Waals surface area (Å²) in [5, 5.41) is 0. The topological polar surface area (TPSA) is 57.7 Å². The fourth-order valence-electron chi connectivity index (χ4n) is 4.02. The van der Waals surface area contributed by atoms with E-state index in [4.69, 9.17) is 0 Å². The van der Waals surface area contributed by atoms with Gasteiger partial charge < -0.3 is 4.90 Å². The van der Waals surface area contributed by atoms with Crippen molar-refractivity contribution in [3.8, 4) is 0 Å². The lowest BCUT2D eigenvalue weighted by atomic mass is 9.89. The van der Waals surface area contributed by atoms with E-state index in [-0.39, 0.29) is 30.7 Å². The summed E-state index contributed by atoms with van der Waals surface area (Å²) >= 11 is 3.33. The minimum absolute atomic E-state index is 0.00393. The molecule has 0 atom stereocenters. The van der Waals surface area contributed by atoms with Gasteiger partial charge in [0.1, 0.15) is 0 Å². The first-order valence-electron chi connectivity index (χ1n) is 9.53. The van der Waals surface area contributed by atoms with E-state index in [1.165, 1.54) is 10.5 Å². The summed E-state index contributed by atoms with van der Waals surface area (Å²) in [6.07, 6.45) is 2.05. The summed E-state index contributed by atoms with van der Waals surface area (Å²) in [6.45, 7) is 1.56. The third-order valence-electron chi connectivity index (χ3n) is 5.60. The van der Waals surface area contributed by atoms with E-state index in [9.17, 15) is 14.4 Å². The maximum Gasteiger partial charge on any atom is 0.261 e. The largest absolute Gasteiger partial charge is 0.343 e. The summed E-state index contributed by atoms with van der Waals surface area (Å²) in [7, 11) is 0. The number of hydrogen-bond acceptors (Lipinski definition) is 3. The van der Waals surface area contributed by atoms with Crippen LogP contribution in [0.5, 0.6) is 0 Å². The van der Waals surface area contributed by atoms with Crippen LogP contribution in [0.4, 0.5) is 0 Å². The van der Waals surface area contributed by atoms with Gasteiger partial charge in [0.05, 0.1) is 11.1 Å². The zero-order valence-electron chi connectivity index (χ0n) is 15.4. The summed E-state index contributed by atoms with van der Waals surface area (Å²) in [5.74, 6) is -0.149. The average molecular weight is 441 g/mol. The molecule has 144 valence electrons. The van der Waals surface area contributed by atoms with Crippen LogP contribution in [-0.4, -0.2) is 47.2 Å². The van der Waals surface area contributed by atoms with Crippen molar-refractivity contribution in [3.63, 3.8) is 0 Å². The molecular formula is C22H21BrN2O3. The Hall–Kier alpha value is -2.47. The first-order valence-corrected chi connectivity index (χ1v) is 10.3. The highest BCUT2D eigenvalue weighted by molar-refractivity contribution is 9.10. The monoisotopic (exact) mass is 440 g/mol. The maximum absolute atomic E-state index is 12.6. The molecule has 0 saturated carbocycles. The zero-order valence-corrected chi connectivity index (χ0v) is 17.0. The van der Waals surface area contributed by atoms with Gasteiger partial charge in [0, 0.05) is 30.5 Å². The molecule has 0 radical (unpaired) electrons. The molecule has 0 unspecified atom stereocenters. The van der Waals surface area contributed by atoms with Gasteiger partial charge in [-0.3, -0.25) is 19.3 Å². The molecule has 0 N–H and O–H groups in total. The number of piperidine rings is 1. The lowest BCUT2D eigenvalue weighted by molar-refractivity contribution is -0.132. The Labute approximate surface area is 172 Å². The van der Waals surface area contributed by atoms with Crippen LogP contribution in [0, 0.1) is 0 Å². The molecule has 5 nitrogen and oxygen atoms in total. The Kier molecular flexibility index (Phi) is 5.31. The predicted octanol–water partition coefficient (Wildman–Crippen LogP) is 3.84. The highest BCUT2D eigenvalue weighted by Crippen LogP contribution is 2.29. The molecule has 2 aliphatic heterocycles. The SMILES string of the molecule is O=C(CCN1C(=O)c2ccc(Br)cc2C1=O)N1CCC(c2ccccc2)CC1. The molecule has 0 spiro atoms. The summed E-state index contributed by atoms with van der Waals surface area (Å²) < 4.78 is 0.756. The van der Waals surface area contributed by atoms with E-state index >= 15 is 0 Å². The standard InChI is InChI=1S/C22H21BrN2O3/c23-17-6-7-18-19(14-17)22(28)25(21(18)27)13-10-20(26)24-11-8-16(9-12-24)15-4-2-1-3-5-15/h1-7,14,16H,8-13H2. The third-order valence-corrected chi connectivity index (χ3v) is 6.09. The number of carbonyl (C=O) groups is 3. The van der Waals surface area contributed by atoms with E-state index in [0.717, 1.165) is 17.3 Å². The number of imide groups is 1. The van der Waals surface area contributed by atoms with Gasteiger partial charge >= 0.3 is 0 Å². The Morgan fingerprint density at radius 2 is 1.64 bits per heavy atom. The van der Waals surface area contributed by atoms with Crippen molar-refractivity contribution < 1.29 is 14.4 Å². The first-order chi connectivity index (χ1) is 13.5. The number of carbonyl (C=O) groups excluding carboxylic acids is 3. The number of halogens is 1. The second-order valence-electron chi connectivity index (χ2n) is 7.27. The third kappa shape index (κ3) is 3.61. The fraction of sp³-hybridized carbons (Fsp3) is 0.318. The van der Waals surface area contributed by atoms with Crippen molar-refractivity contribution in [2.75, 3.05) is 19.6 Å². The van der Waals surface area contributed by atoms with Gasteiger partial charge in [0.15, 0.2) is 0 Å². The molecular weight excluding hydrogens is 420 g/mol. The molecule has 2 aromatic carbocycles. The highest BCUT2D eigenvalue weighted by atomic mass is 79.9. The van der Waals surface area contributed by atoms with Crippen molar-refractivity contribution in [1.29, 1.82) is 0 Å². The van der Waals surface area contributed by atoms with E-state index in [0.29, 0.717) is 30.1 Å². The van der Waals surface area contributed by atoms with E-state index < -0.39 is 0 Å². The fourth-order valence-corrected chi connectivity index (χ4v) is 4.38. The van der Waals surface area contributed by atoms with Crippen molar-refractivity contribution in [1.82, 2.24) is 9.80 Å². The molecule has 3 amide bonds. The van der Waals surface area contributed by atoms with Gasteiger partial charge in [0.2, 0.25) is 5.91 Å². The second-order valence-corrected chi connectivity index (χ2v) is 8.18. The van der Waals surface area contributed by atoms with Gasteiger partial charge in [-0.25, -0.2) is 0 Å². The lowest BCUT2D eigenvalue weighted by Crippen LogP contribution is -2.40.